The van der Waals surface area contributed by atoms with Gasteiger partial charge in [-0.25, -0.2) is 0 Å². The Bertz CT molecular complexity index is 1050. The van der Waals surface area contributed by atoms with Gasteiger partial charge < -0.3 is 4.90 Å². The molecule has 2 aromatic carbocycles. The third-order valence-electron chi connectivity index (χ3n) is 5.44. The predicted molar refractivity (Wildman–Crippen MR) is 118 cm³/mol. The Morgan fingerprint density at radius 3 is 2.60 bits per heavy atom. The summed E-state index contributed by atoms with van der Waals surface area (Å²) in [5, 5.41) is 12.7. The molecule has 0 spiro atoms. The summed E-state index contributed by atoms with van der Waals surface area (Å²) < 4.78 is 0. The largest absolute Gasteiger partial charge is 0.334 e. The lowest BCUT2D eigenvalue weighted by Gasteiger charge is -2.39. The number of likely N-dealkylation sites (N-methyl/N-ethyl adjacent to an activating group) is 1. The molecule has 1 aliphatic heterocycles. The van der Waals surface area contributed by atoms with Crippen molar-refractivity contribution in [3.63, 3.8) is 0 Å². The van der Waals surface area contributed by atoms with Crippen molar-refractivity contribution in [1.29, 1.82) is 0 Å². The van der Waals surface area contributed by atoms with Crippen LogP contribution in [0.4, 0.5) is 5.13 Å². The van der Waals surface area contributed by atoms with Crippen molar-refractivity contribution in [3.05, 3.63) is 76.3 Å². The van der Waals surface area contributed by atoms with Crippen LogP contribution in [0.3, 0.4) is 0 Å². The maximum absolute atomic E-state index is 13.5. The summed E-state index contributed by atoms with van der Waals surface area (Å²) >= 11 is 1.41. The first-order valence-corrected chi connectivity index (χ1v) is 11.0. The maximum Gasteiger partial charge on any atom is 0.254 e. The number of hydrogen-bond acceptors (Lipinski definition) is 5. The number of aryl methyl sites for hydroxylation is 1. The lowest BCUT2D eigenvalue weighted by molar-refractivity contribution is -0.119. The van der Waals surface area contributed by atoms with Gasteiger partial charge in [0.1, 0.15) is 5.01 Å². The van der Waals surface area contributed by atoms with Crippen molar-refractivity contribution in [3.8, 4) is 0 Å². The molecular weight excluding hydrogens is 396 g/mol. The number of aromatic nitrogens is 2. The van der Waals surface area contributed by atoms with Crippen molar-refractivity contribution in [2.45, 2.75) is 38.1 Å². The quantitative estimate of drug-likeness (QED) is 0.640. The molecule has 1 aliphatic rings. The van der Waals surface area contributed by atoms with Crippen LogP contribution in [0, 0.1) is 0 Å². The molecular formula is C23H24N4O2S. The normalized spacial score (nSPS) is 18.2. The van der Waals surface area contributed by atoms with Crippen LogP contribution in [0.25, 0.3) is 0 Å². The molecule has 0 bridgehead atoms. The number of benzene rings is 2. The number of rotatable bonds is 6. The first-order chi connectivity index (χ1) is 14.6. The third-order valence-corrected chi connectivity index (χ3v) is 6.34. The van der Waals surface area contributed by atoms with E-state index in [1.807, 2.05) is 48.5 Å². The molecule has 154 valence electrons. The van der Waals surface area contributed by atoms with E-state index in [0.717, 1.165) is 35.4 Å². The van der Waals surface area contributed by atoms with Crippen LogP contribution < -0.4 is 5.32 Å². The van der Waals surface area contributed by atoms with Gasteiger partial charge in [0.15, 0.2) is 0 Å². The summed E-state index contributed by atoms with van der Waals surface area (Å²) in [5.74, 6) is -0.815. The summed E-state index contributed by atoms with van der Waals surface area (Å²) in [5.41, 5.74) is 2.22. The molecule has 1 aromatic heterocycles. The molecule has 30 heavy (non-hydrogen) atoms. The van der Waals surface area contributed by atoms with Gasteiger partial charge >= 0.3 is 0 Å². The van der Waals surface area contributed by atoms with E-state index >= 15 is 0 Å². The average Bonchev–Trinajstić information content (AvgIpc) is 3.22. The molecule has 1 N–H and O–H groups in total. The van der Waals surface area contributed by atoms with Crippen molar-refractivity contribution < 1.29 is 9.59 Å². The first kappa shape index (κ1) is 20.2. The lowest BCUT2D eigenvalue weighted by atomic mass is 9.79. The molecule has 7 heteroatoms. The van der Waals surface area contributed by atoms with Crippen LogP contribution in [-0.2, 0) is 11.2 Å². The van der Waals surface area contributed by atoms with E-state index in [0.29, 0.717) is 10.7 Å². The van der Waals surface area contributed by atoms with Crippen molar-refractivity contribution >= 4 is 28.3 Å². The van der Waals surface area contributed by atoms with Crippen molar-refractivity contribution in [1.82, 2.24) is 15.1 Å². The second-order valence-corrected chi connectivity index (χ2v) is 8.49. The van der Waals surface area contributed by atoms with E-state index in [9.17, 15) is 9.59 Å². The predicted octanol–water partition coefficient (Wildman–Crippen LogP) is 4.43. The summed E-state index contributed by atoms with van der Waals surface area (Å²) in [7, 11) is 1.75. The van der Waals surface area contributed by atoms with E-state index in [2.05, 4.69) is 22.4 Å². The summed E-state index contributed by atoms with van der Waals surface area (Å²) in [6.07, 6.45) is 2.99. The number of nitrogens with one attached hydrogen (secondary N) is 1. The number of carbonyl (C=O) groups excluding carboxylic acids is 2. The summed E-state index contributed by atoms with van der Waals surface area (Å²) in [4.78, 5) is 28.1. The average molecular weight is 421 g/mol. The first-order valence-electron chi connectivity index (χ1n) is 10.1. The SMILES string of the molecule is CCCCc1nnc(NC(=O)[C@H]2c3ccccc3C(=O)N(C)[C@@H]2c2ccccc2)s1. The highest BCUT2D eigenvalue weighted by Gasteiger charge is 2.42. The van der Waals surface area contributed by atoms with E-state index in [1.165, 1.54) is 11.3 Å². The number of carbonyl (C=O) groups is 2. The Morgan fingerprint density at radius 1 is 1.10 bits per heavy atom. The van der Waals surface area contributed by atoms with Crippen LogP contribution in [0.5, 0.6) is 0 Å². The fourth-order valence-corrected chi connectivity index (χ4v) is 4.72. The second-order valence-electron chi connectivity index (χ2n) is 7.43. The molecule has 0 aliphatic carbocycles. The fourth-order valence-electron chi connectivity index (χ4n) is 3.94. The zero-order chi connectivity index (χ0) is 21.1. The van der Waals surface area contributed by atoms with E-state index in [4.69, 9.17) is 0 Å². The van der Waals surface area contributed by atoms with Gasteiger partial charge in [0.05, 0.1) is 12.0 Å². The standard InChI is InChI=1S/C23H24N4O2S/c1-3-4-14-18-25-26-23(30-18)24-21(28)19-16-12-8-9-13-17(16)22(29)27(2)20(19)15-10-6-5-7-11-15/h5-13,19-20H,3-4,14H2,1-2H3,(H,24,26,28)/t19-,20+/m0/s1. The zero-order valence-electron chi connectivity index (χ0n) is 17.0. The van der Waals surface area contributed by atoms with Gasteiger partial charge in [0, 0.05) is 19.0 Å². The number of amides is 2. The van der Waals surface area contributed by atoms with Crippen LogP contribution in [-0.4, -0.2) is 34.0 Å². The molecule has 0 fully saturated rings. The Kier molecular flexibility index (Phi) is 5.90. The zero-order valence-corrected chi connectivity index (χ0v) is 17.9. The fraction of sp³-hybridized carbons (Fsp3) is 0.304. The highest BCUT2D eigenvalue weighted by molar-refractivity contribution is 7.15. The summed E-state index contributed by atoms with van der Waals surface area (Å²) in [6, 6.07) is 16.6. The van der Waals surface area contributed by atoms with Crippen LogP contribution in [0.2, 0.25) is 0 Å². The minimum absolute atomic E-state index is 0.0822. The Labute approximate surface area is 180 Å². The number of nitrogens with zero attached hydrogens (tertiary/aromatic N) is 3. The van der Waals surface area contributed by atoms with Crippen molar-refractivity contribution in [2.75, 3.05) is 12.4 Å². The number of fused-ring (bicyclic) bond motifs is 1. The molecule has 2 heterocycles. The summed E-state index contributed by atoms with van der Waals surface area (Å²) in [6.45, 7) is 2.13. The molecule has 3 aromatic rings. The van der Waals surface area contributed by atoms with Crippen LogP contribution in [0.1, 0.15) is 58.2 Å². The highest BCUT2D eigenvalue weighted by Crippen LogP contribution is 2.42. The van der Waals surface area contributed by atoms with Gasteiger partial charge in [0.2, 0.25) is 11.0 Å². The smallest absolute Gasteiger partial charge is 0.254 e. The number of unbranched alkanes of at least 4 members (excludes halogenated alkanes) is 1. The number of hydrogen-bond donors (Lipinski definition) is 1. The minimum atomic E-state index is -0.547. The van der Waals surface area contributed by atoms with E-state index < -0.39 is 12.0 Å². The number of anilines is 1. The molecule has 6 nitrogen and oxygen atoms in total. The molecule has 0 saturated heterocycles. The minimum Gasteiger partial charge on any atom is -0.334 e. The van der Waals surface area contributed by atoms with Gasteiger partial charge in [-0.1, -0.05) is 73.2 Å². The molecule has 0 unspecified atom stereocenters. The monoisotopic (exact) mass is 420 g/mol. The molecule has 2 amide bonds. The Morgan fingerprint density at radius 2 is 1.83 bits per heavy atom. The topological polar surface area (TPSA) is 75.2 Å². The molecule has 4 rings (SSSR count). The van der Waals surface area contributed by atoms with Gasteiger partial charge in [-0.2, -0.15) is 0 Å². The Hall–Kier alpha value is -3.06. The van der Waals surface area contributed by atoms with E-state index in [1.54, 1.807) is 18.0 Å². The Balaban J connectivity index is 1.70. The van der Waals surface area contributed by atoms with Gasteiger partial charge in [-0.15, -0.1) is 10.2 Å². The third kappa shape index (κ3) is 3.85. The van der Waals surface area contributed by atoms with Crippen LogP contribution in [0.15, 0.2) is 54.6 Å². The molecule has 2 atom stereocenters. The molecule has 0 radical (unpaired) electrons. The van der Waals surface area contributed by atoms with Gasteiger partial charge in [-0.05, 0) is 23.6 Å². The second kappa shape index (κ2) is 8.75. The van der Waals surface area contributed by atoms with E-state index in [-0.39, 0.29) is 11.8 Å². The molecule has 0 saturated carbocycles. The van der Waals surface area contributed by atoms with Crippen molar-refractivity contribution in [2.24, 2.45) is 0 Å². The van der Waals surface area contributed by atoms with Gasteiger partial charge in [0.25, 0.3) is 5.91 Å². The van der Waals surface area contributed by atoms with Gasteiger partial charge in [-0.3, -0.25) is 14.9 Å². The van der Waals surface area contributed by atoms with Crippen LogP contribution >= 0.6 is 11.3 Å². The maximum atomic E-state index is 13.5. The lowest BCUT2D eigenvalue weighted by Crippen LogP contribution is -2.44. The highest BCUT2D eigenvalue weighted by atomic mass is 32.1.